The highest BCUT2D eigenvalue weighted by Gasteiger charge is 2.31. The Morgan fingerprint density at radius 2 is 1.64 bits per heavy atom. The van der Waals surface area contributed by atoms with Crippen molar-refractivity contribution < 1.29 is 31.5 Å². The minimum absolute atomic E-state index is 0.0987. The first kappa shape index (κ1) is 25.2. The zero-order valence-corrected chi connectivity index (χ0v) is 19.2. The summed E-state index contributed by atoms with van der Waals surface area (Å²) in [5.74, 6) is -3.03. The van der Waals surface area contributed by atoms with E-state index in [1.807, 2.05) is 0 Å². The molecule has 0 spiro atoms. The maximum atomic E-state index is 14.1. The second-order valence-electron chi connectivity index (χ2n) is 8.48. The quantitative estimate of drug-likeness (QED) is 0.411. The second-order valence-corrected chi connectivity index (χ2v) is 8.48. The van der Waals surface area contributed by atoms with Crippen molar-refractivity contribution in [2.45, 2.75) is 26.1 Å². The Labute approximate surface area is 204 Å². The maximum absolute atomic E-state index is 14.1. The molecule has 0 aliphatic carbocycles. The van der Waals surface area contributed by atoms with Crippen molar-refractivity contribution in [2.75, 3.05) is 23.3 Å². The summed E-state index contributed by atoms with van der Waals surface area (Å²) >= 11 is 0. The third-order valence-electron chi connectivity index (χ3n) is 5.85. The molecule has 1 aliphatic rings. The fourth-order valence-corrected chi connectivity index (χ4v) is 4.06. The number of aryl methyl sites for hydroxylation is 1. The van der Waals surface area contributed by atoms with Gasteiger partial charge in [0.2, 0.25) is 0 Å². The molecule has 3 aromatic rings. The van der Waals surface area contributed by atoms with E-state index in [2.05, 4.69) is 5.32 Å². The molecule has 1 heterocycles. The monoisotopic (exact) mass is 503 g/mol. The lowest BCUT2D eigenvalue weighted by atomic mass is 10.1. The normalized spacial score (nSPS) is 14.2. The van der Waals surface area contributed by atoms with Gasteiger partial charge in [-0.25, -0.2) is 13.6 Å². The van der Waals surface area contributed by atoms with Crippen LogP contribution in [-0.4, -0.2) is 29.9 Å². The van der Waals surface area contributed by atoms with Gasteiger partial charge in [-0.15, -0.1) is 0 Å². The van der Waals surface area contributed by atoms with E-state index in [4.69, 9.17) is 0 Å². The predicted octanol–water partition coefficient (Wildman–Crippen LogP) is 6.38. The highest BCUT2D eigenvalue weighted by Crippen LogP contribution is 2.32. The number of hydrogen-bond acceptors (Lipinski definition) is 2. The van der Waals surface area contributed by atoms with Gasteiger partial charge < -0.3 is 10.2 Å². The molecule has 0 bridgehead atoms. The molecule has 36 heavy (non-hydrogen) atoms. The Morgan fingerprint density at radius 1 is 0.972 bits per heavy atom. The van der Waals surface area contributed by atoms with Gasteiger partial charge in [0.05, 0.1) is 16.9 Å². The smallest absolute Gasteiger partial charge is 0.320 e. The number of hydrogen-bond donors (Lipinski definition) is 1. The number of rotatable bonds is 5. The third kappa shape index (κ3) is 5.32. The molecule has 0 aromatic heterocycles. The zero-order chi connectivity index (χ0) is 26.0. The van der Waals surface area contributed by atoms with Crippen molar-refractivity contribution in [3.05, 3.63) is 94.6 Å². The Hall–Kier alpha value is -3.95. The summed E-state index contributed by atoms with van der Waals surface area (Å²) in [4.78, 5) is 28.9. The van der Waals surface area contributed by atoms with Crippen LogP contribution < -0.4 is 10.2 Å². The van der Waals surface area contributed by atoms with E-state index >= 15 is 0 Å². The van der Waals surface area contributed by atoms with Gasteiger partial charge in [0.1, 0.15) is 17.2 Å². The Kier molecular flexibility index (Phi) is 6.96. The molecule has 1 aliphatic heterocycles. The van der Waals surface area contributed by atoms with E-state index in [-0.39, 0.29) is 12.2 Å². The first-order valence-corrected chi connectivity index (χ1v) is 11.1. The van der Waals surface area contributed by atoms with Crippen LogP contribution in [0, 0.1) is 18.6 Å². The van der Waals surface area contributed by atoms with Crippen molar-refractivity contribution in [2.24, 2.45) is 0 Å². The van der Waals surface area contributed by atoms with E-state index in [1.54, 1.807) is 25.1 Å². The van der Waals surface area contributed by atoms with E-state index in [1.165, 1.54) is 21.9 Å². The fraction of sp³-hybridized carbons (Fsp3) is 0.231. The molecule has 3 aromatic carbocycles. The number of anilines is 2. The van der Waals surface area contributed by atoms with Crippen molar-refractivity contribution >= 4 is 23.3 Å². The number of urea groups is 1. The van der Waals surface area contributed by atoms with Crippen molar-refractivity contribution in [3.63, 3.8) is 0 Å². The molecule has 0 atom stereocenters. The van der Waals surface area contributed by atoms with E-state index in [0.717, 1.165) is 35.9 Å². The van der Waals surface area contributed by atoms with Gasteiger partial charge in [-0.2, -0.15) is 13.2 Å². The summed E-state index contributed by atoms with van der Waals surface area (Å²) in [6, 6.07) is 12.2. The van der Waals surface area contributed by atoms with Gasteiger partial charge in [-0.3, -0.25) is 9.69 Å². The van der Waals surface area contributed by atoms with Crippen LogP contribution in [0.15, 0.2) is 60.7 Å². The highest BCUT2D eigenvalue weighted by molar-refractivity contribution is 6.08. The summed E-state index contributed by atoms with van der Waals surface area (Å²) in [5, 5.41) is 2.51. The molecule has 1 fully saturated rings. The van der Waals surface area contributed by atoms with Crippen LogP contribution in [-0.2, 0) is 12.7 Å². The Bertz CT molecular complexity index is 1270. The van der Waals surface area contributed by atoms with Crippen LogP contribution in [0.1, 0.15) is 33.5 Å². The van der Waals surface area contributed by atoms with Crippen molar-refractivity contribution in [1.29, 1.82) is 0 Å². The van der Waals surface area contributed by atoms with Gasteiger partial charge >= 0.3 is 12.2 Å². The molecule has 0 unspecified atom stereocenters. The largest absolute Gasteiger partial charge is 0.416 e. The number of nitrogens with one attached hydrogen (secondary N) is 1. The van der Waals surface area contributed by atoms with Gasteiger partial charge in [0.25, 0.3) is 5.91 Å². The molecule has 1 saturated heterocycles. The molecule has 3 amide bonds. The standard InChI is InChI=1S/C26H22F5N3O2/c1-16-6-11-22(21(14-16)32-24(35)23-19(27)4-2-5-20(23)28)34-13-3-12-33(25(34)36)15-17-7-9-18(10-8-17)26(29,30)31/h2,4-11,14H,3,12-13,15H2,1H3,(H,32,35). The molecule has 1 N–H and O–H groups in total. The minimum Gasteiger partial charge on any atom is -0.320 e. The number of halogens is 5. The minimum atomic E-state index is -4.45. The van der Waals surface area contributed by atoms with Crippen molar-refractivity contribution in [3.8, 4) is 0 Å². The number of nitrogens with zero attached hydrogens (tertiary/aromatic N) is 2. The molecule has 0 saturated carbocycles. The van der Waals surface area contributed by atoms with Crippen LogP contribution in [0.4, 0.5) is 38.1 Å². The Morgan fingerprint density at radius 3 is 2.28 bits per heavy atom. The zero-order valence-electron chi connectivity index (χ0n) is 19.2. The first-order valence-electron chi connectivity index (χ1n) is 11.1. The summed E-state index contributed by atoms with van der Waals surface area (Å²) in [5.41, 5.74) is 0.308. The van der Waals surface area contributed by atoms with E-state index < -0.39 is 40.9 Å². The second kappa shape index (κ2) is 9.96. The molecule has 5 nitrogen and oxygen atoms in total. The van der Waals surface area contributed by atoms with Crippen molar-refractivity contribution in [1.82, 2.24) is 4.90 Å². The lowest BCUT2D eigenvalue weighted by molar-refractivity contribution is -0.137. The summed E-state index contributed by atoms with van der Waals surface area (Å²) in [6.07, 6.45) is -3.89. The predicted molar refractivity (Wildman–Crippen MR) is 125 cm³/mol. The topological polar surface area (TPSA) is 52.6 Å². The summed E-state index contributed by atoms with van der Waals surface area (Å²) < 4.78 is 66.8. The summed E-state index contributed by atoms with van der Waals surface area (Å²) in [6.45, 7) is 2.58. The lowest BCUT2D eigenvalue weighted by Gasteiger charge is -2.36. The average Bonchev–Trinajstić information content (AvgIpc) is 2.81. The Balaban J connectivity index is 1.57. The molecule has 4 rings (SSSR count). The SMILES string of the molecule is Cc1ccc(N2CCCN(Cc3ccc(C(F)(F)F)cc3)C2=O)c(NC(=O)c2c(F)cccc2F)c1. The maximum Gasteiger partial charge on any atom is 0.416 e. The number of carbonyl (C=O) groups excluding carboxylic acids is 2. The number of amides is 3. The third-order valence-corrected chi connectivity index (χ3v) is 5.85. The highest BCUT2D eigenvalue weighted by atomic mass is 19.4. The van der Waals surface area contributed by atoms with Crippen LogP contribution in [0.2, 0.25) is 0 Å². The summed E-state index contributed by atoms with van der Waals surface area (Å²) in [7, 11) is 0. The molecular weight excluding hydrogens is 481 g/mol. The number of benzene rings is 3. The first-order chi connectivity index (χ1) is 17.0. The van der Waals surface area contributed by atoms with Gasteiger partial charge in [0, 0.05) is 19.6 Å². The fourth-order valence-electron chi connectivity index (χ4n) is 4.06. The lowest BCUT2D eigenvalue weighted by Crippen LogP contribution is -2.49. The van der Waals surface area contributed by atoms with Crippen LogP contribution in [0.25, 0.3) is 0 Å². The molecule has 10 heteroatoms. The van der Waals surface area contributed by atoms with Gasteiger partial charge in [0.15, 0.2) is 0 Å². The average molecular weight is 503 g/mol. The molecule has 0 radical (unpaired) electrons. The van der Waals surface area contributed by atoms with E-state index in [0.29, 0.717) is 30.8 Å². The van der Waals surface area contributed by atoms with E-state index in [9.17, 15) is 31.5 Å². The van der Waals surface area contributed by atoms with Crippen LogP contribution in [0.5, 0.6) is 0 Å². The van der Waals surface area contributed by atoms with Crippen LogP contribution >= 0.6 is 0 Å². The van der Waals surface area contributed by atoms with Gasteiger partial charge in [-0.05, 0) is 60.9 Å². The van der Waals surface area contributed by atoms with Crippen LogP contribution in [0.3, 0.4) is 0 Å². The van der Waals surface area contributed by atoms with Gasteiger partial charge in [-0.1, -0.05) is 24.3 Å². The molecular formula is C26H22F5N3O2. The molecule has 188 valence electrons. The number of alkyl halides is 3. The number of carbonyl (C=O) groups is 2.